The van der Waals surface area contributed by atoms with Gasteiger partial charge in [-0.2, -0.15) is 12.8 Å². The van der Waals surface area contributed by atoms with Crippen LogP contribution in [0.15, 0.2) is 29.7 Å². The summed E-state index contributed by atoms with van der Waals surface area (Å²) in [5.41, 5.74) is 5.61. The summed E-state index contributed by atoms with van der Waals surface area (Å²) in [6.07, 6.45) is 2.35. The Bertz CT molecular complexity index is 645. The minimum atomic E-state index is -3.88. The van der Waals surface area contributed by atoms with Gasteiger partial charge in [-0.25, -0.2) is 9.97 Å². The van der Waals surface area contributed by atoms with Crippen LogP contribution in [-0.4, -0.2) is 23.0 Å². The highest BCUT2D eigenvalue weighted by molar-refractivity contribution is 7.92. The van der Waals surface area contributed by atoms with Crippen molar-refractivity contribution in [2.45, 2.75) is 5.03 Å². The molecule has 7 nitrogen and oxygen atoms in total. The fourth-order valence-electron chi connectivity index (χ4n) is 1.40. The molecule has 0 fully saturated rings. The van der Waals surface area contributed by atoms with E-state index in [9.17, 15) is 12.8 Å². The number of anilines is 2. The van der Waals surface area contributed by atoms with Crippen LogP contribution in [0.4, 0.5) is 15.9 Å². The summed E-state index contributed by atoms with van der Waals surface area (Å²) < 4.78 is 40.1. The Hall–Kier alpha value is -2.16. The number of aryl methyl sites for hydroxylation is 1. The van der Waals surface area contributed by atoms with Crippen LogP contribution < -0.4 is 10.5 Å². The summed E-state index contributed by atoms with van der Waals surface area (Å²) in [6.45, 7) is 0. The molecule has 0 aliphatic rings. The Kier molecular flexibility index (Phi) is 2.91. The van der Waals surface area contributed by atoms with Crippen LogP contribution in [0.3, 0.4) is 0 Å². The van der Waals surface area contributed by atoms with Crippen LogP contribution in [0.25, 0.3) is 0 Å². The van der Waals surface area contributed by atoms with E-state index < -0.39 is 16.0 Å². The van der Waals surface area contributed by atoms with Gasteiger partial charge < -0.3 is 10.3 Å². The Morgan fingerprint density at radius 2 is 2.11 bits per heavy atom. The Balaban J connectivity index is 2.36. The predicted octanol–water partition coefficient (Wildman–Crippen LogP) is 0.337. The van der Waals surface area contributed by atoms with Crippen LogP contribution in [-0.2, 0) is 17.1 Å². The normalized spacial score (nSPS) is 11.4. The van der Waals surface area contributed by atoms with Crippen molar-refractivity contribution in [2.75, 3.05) is 10.5 Å². The molecule has 0 bridgehead atoms. The molecule has 2 heterocycles. The Morgan fingerprint density at radius 1 is 1.39 bits per heavy atom. The van der Waals surface area contributed by atoms with Crippen molar-refractivity contribution in [3.63, 3.8) is 0 Å². The average molecular weight is 271 g/mol. The number of nitrogens with one attached hydrogen (secondary N) is 1. The van der Waals surface area contributed by atoms with Gasteiger partial charge in [0, 0.05) is 7.05 Å². The third kappa shape index (κ3) is 2.25. The number of hydrogen-bond donors (Lipinski definition) is 2. The minimum absolute atomic E-state index is 0.111. The van der Waals surface area contributed by atoms with E-state index in [1.165, 1.54) is 24.0 Å². The zero-order valence-electron chi connectivity index (χ0n) is 9.33. The van der Waals surface area contributed by atoms with Crippen LogP contribution in [0.1, 0.15) is 0 Å². The lowest BCUT2D eigenvalue weighted by Gasteiger charge is -2.08. The maximum Gasteiger partial charge on any atom is 0.281 e. The molecule has 0 saturated heterocycles. The number of pyridine rings is 1. The van der Waals surface area contributed by atoms with Gasteiger partial charge >= 0.3 is 0 Å². The van der Waals surface area contributed by atoms with E-state index in [2.05, 4.69) is 14.7 Å². The molecule has 2 aromatic rings. The third-order valence-corrected chi connectivity index (χ3v) is 3.65. The summed E-state index contributed by atoms with van der Waals surface area (Å²) in [7, 11) is -2.38. The molecule has 2 aromatic heterocycles. The van der Waals surface area contributed by atoms with Crippen molar-refractivity contribution in [2.24, 2.45) is 7.05 Å². The smallest absolute Gasteiger partial charge is 0.281 e. The molecule has 0 radical (unpaired) electrons. The molecule has 0 saturated carbocycles. The maximum atomic E-state index is 12.6. The first-order valence-electron chi connectivity index (χ1n) is 4.81. The van der Waals surface area contributed by atoms with E-state index in [0.29, 0.717) is 0 Å². The fourth-order valence-corrected chi connectivity index (χ4v) is 2.69. The standard InChI is InChI=1S/C9H10FN5O2S/c1-15-5-13-8(11)9(15)18(16,17)14-6-2-3-7(10)12-4-6/h2-5,14H,11H2,1H3. The van der Waals surface area contributed by atoms with Crippen molar-refractivity contribution >= 4 is 21.5 Å². The molecule has 96 valence electrons. The highest BCUT2D eigenvalue weighted by Gasteiger charge is 2.22. The van der Waals surface area contributed by atoms with Gasteiger partial charge in [-0.3, -0.25) is 4.72 Å². The predicted molar refractivity (Wildman–Crippen MR) is 62.6 cm³/mol. The van der Waals surface area contributed by atoms with E-state index in [1.54, 1.807) is 0 Å². The van der Waals surface area contributed by atoms with Gasteiger partial charge in [0.1, 0.15) is 0 Å². The Morgan fingerprint density at radius 3 is 2.61 bits per heavy atom. The number of nitrogens with two attached hydrogens (primary N) is 1. The summed E-state index contributed by atoms with van der Waals surface area (Å²) in [6, 6.07) is 2.30. The van der Waals surface area contributed by atoms with Crippen molar-refractivity contribution in [3.8, 4) is 0 Å². The number of nitrogens with zero attached hydrogens (tertiary/aromatic N) is 3. The molecular weight excluding hydrogens is 261 g/mol. The fraction of sp³-hybridized carbons (Fsp3) is 0.111. The van der Waals surface area contributed by atoms with Crippen molar-refractivity contribution < 1.29 is 12.8 Å². The molecule has 0 atom stereocenters. The van der Waals surface area contributed by atoms with Gasteiger partial charge in [-0.1, -0.05) is 0 Å². The van der Waals surface area contributed by atoms with Gasteiger partial charge in [0.05, 0.1) is 18.2 Å². The van der Waals surface area contributed by atoms with Crippen LogP contribution in [0.2, 0.25) is 0 Å². The van der Waals surface area contributed by atoms with Gasteiger partial charge in [0.25, 0.3) is 10.0 Å². The van der Waals surface area contributed by atoms with E-state index in [0.717, 1.165) is 12.3 Å². The molecule has 9 heteroatoms. The second kappa shape index (κ2) is 4.26. The number of aromatic nitrogens is 3. The lowest BCUT2D eigenvalue weighted by molar-refractivity contribution is 0.583. The molecule has 0 aromatic carbocycles. The molecule has 3 N–H and O–H groups in total. The number of sulfonamides is 1. The van der Waals surface area contributed by atoms with Crippen molar-refractivity contribution in [3.05, 3.63) is 30.6 Å². The van der Waals surface area contributed by atoms with Crippen LogP contribution in [0.5, 0.6) is 0 Å². The lowest BCUT2D eigenvalue weighted by Crippen LogP contribution is -2.17. The molecule has 0 unspecified atom stereocenters. The SMILES string of the molecule is Cn1cnc(N)c1S(=O)(=O)Nc1ccc(F)nc1. The second-order valence-electron chi connectivity index (χ2n) is 3.52. The minimum Gasteiger partial charge on any atom is -0.381 e. The number of halogens is 1. The molecule has 18 heavy (non-hydrogen) atoms. The van der Waals surface area contributed by atoms with Gasteiger partial charge in [-0.05, 0) is 12.1 Å². The number of imidazole rings is 1. The topological polar surface area (TPSA) is 103 Å². The monoisotopic (exact) mass is 271 g/mol. The van der Waals surface area contributed by atoms with Gasteiger partial charge in [0.2, 0.25) is 5.95 Å². The first-order chi connectivity index (χ1) is 8.40. The first kappa shape index (κ1) is 12.3. The molecular formula is C9H10FN5O2S. The number of hydrogen-bond acceptors (Lipinski definition) is 5. The summed E-state index contributed by atoms with van der Waals surface area (Å²) in [4.78, 5) is 7.03. The average Bonchev–Trinajstić information content (AvgIpc) is 2.62. The van der Waals surface area contributed by atoms with Gasteiger partial charge in [0.15, 0.2) is 10.8 Å². The van der Waals surface area contributed by atoms with E-state index in [4.69, 9.17) is 5.73 Å². The molecule has 2 rings (SSSR count). The van der Waals surface area contributed by atoms with E-state index in [-0.39, 0.29) is 16.5 Å². The van der Waals surface area contributed by atoms with Crippen LogP contribution >= 0.6 is 0 Å². The highest BCUT2D eigenvalue weighted by Crippen LogP contribution is 2.19. The zero-order valence-corrected chi connectivity index (χ0v) is 10.1. The zero-order chi connectivity index (χ0) is 13.3. The Labute approximate surface area is 103 Å². The summed E-state index contributed by atoms with van der Waals surface area (Å²) >= 11 is 0. The summed E-state index contributed by atoms with van der Waals surface area (Å²) in [5.74, 6) is -0.807. The van der Waals surface area contributed by atoms with Crippen molar-refractivity contribution in [1.82, 2.24) is 14.5 Å². The van der Waals surface area contributed by atoms with E-state index >= 15 is 0 Å². The highest BCUT2D eigenvalue weighted by atomic mass is 32.2. The second-order valence-corrected chi connectivity index (χ2v) is 5.12. The quantitative estimate of drug-likeness (QED) is 0.783. The lowest BCUT2D eigenvalue weighted by atomic mass is 10.4. The molecule has 0 aliphatic heterocycles. The maximum absolute atomic E-state index is 12.6. The van der Waals surface area contributed by atoms with Crippen molar-refractivity contribution in [1.29, 1.82) is 0 Å². The summed E-state index contributed by atoms with van der Waals surface area (Å²) in [5, 5.41) is -0.160. The van der Waals surface area contributed by atoms with E-state index in [1.807, 2.05) is 0 Å². The molecule has 0 spiro atoms. The number of rotatable bonds is 3. The van der Waals surface area contributed by atoms with Gasteiger partial charge in [-0.15, -0.1) is 0 Å². The molecule has 0 aliphatic carbocycles. The number of nitrogen functional groups attached to an aromatic ring is 1. The third-order valence-electron chi connectivity index (χ3n) is 2.14. The van der Waals surface area contributed by atoms with Crippen LogP contribution in [0, 0.1) is 5.95 Å². The largest absolute Gasteiger partial charge is 0.381 e. The molecule has 0 amide bonds. The first-order valence-corrected chi connectivity index (χ1v) is 6.29.